The zero-order valence-corrected chi connectivity index (χ0v) is 10.2. The van der Waals surface area contributed by atoms with Gasteiger partial charge in [-0.05, 0) is 25.7 Å². The van der Waals surface area contributed by atoms with Gasteiger partial charge in [0.05, 0.1) is 6.07 Å². The molecule has 0 rings (SSSR count). The Kier molecular flexibility index (Phi) is 12.6. The first-order valence-electron chi connectivity index (χ1n) is 6.43. The van der Waals surface area contributed by atoms with Crippen molar-refractivity contribution in [1.29, 1.82) is 5.26 Å². The van der Waals surface area contributed by atoms with Crippen LogP contribution in [0.4, 0.5) is 0 Å². The highest BCUT2D eigenvalue weighted by atomic mass is 14.2. The minimum Gasteiger partial charge on any atom is -0.198 e. The van der Waals surface area contributed by atoms with E-state index in [0.29, 0.717) is 0 Å². The van der Waals surface area contributed by atoms with Gasteiger partial charge in [-0.3, -0.25) is 0 Å². The van der Waals surface area contributed by atoms with Crippen LogP contribution in [0.25, 0.3) is 0 Å². The van der Waals surface area contributed by atoms with Crippen molar-refractivity contribution in [3.05, 3.63) is 12.2 Å². The molecule has 0 fully saturated rings. The second kappa shape index (κ2) is 13.2. The second-order valence-corrected chi connectivity index (χ2v) is 4.08. The molecule has 15 heavy (non-hydrogen) atoms. The maximum absolute atomic E-state index is 8.35. The lowest BCUT2D eigenvalue weighted by atomic mass is 10.1. The molecule has 0 saturated heterocycles. The van der Waals surface area contributed by atoms with Gasteiger partial charge in [0, 0.05) is 6.42 Å². The summed E-state index contributed by atoms with van der Waals surface area (Å²) in [6.45, 7) is 2.21. The smallest absolute Gasteiger partial charge is 0.0621 e. The van der Waals surface area contributed by atoms with Gasteiger partial charge in [-0.1, -0.05) is 51.2 Å². The third-order valence-electron chi connectivity index (χ3n) is 2.53. The normalized spacial score (nSPS) is 10.7. The molecule has 0 radical (unpaired) electrons. The predicted molar refractivity (Wildman–Crippen MR) is 66.6 cm³/mol. The molecule has 0 N–H and O–H groups in total. The molecule has 0 saturated carbocycles. The van der Waals surface area contributed by atoms with E-state index in [1.807, 2.05) is 0 Å². The summed E-state index contributed by atoms with van der Waals surface area (Å²) in [4.78, 5) is 0. The molecule has 0 bridgehead atoms. The van der Waals surface area contributed by atoms with Crippen LogP contribution in [0.15, 0.2) is 12.2 Å². The highest BCUT2D eigenvalue weighted by molar-refractivity contribution is 4.80. The standard InChI is InChI=1S/C14H25N/c1-2-3-4-5-6-7-8-9-10-11-12-13-14-15/h4-5H,2-3,6-13H2,1H3/b5-4+. The molecule has 0 unspecified atom stereocenters. The van der Waals surface area contributed by atoms with Gasteiger partial charge >= 0.3 is 0 Å². The van der Waals surface area contributed by atoms with E-state index < -0.39 is 0 Å². The molecule has 86 valence electrons. The predicted octanol–water partition coefficient (Wildman–Crippen LogP) is 4.99. The zero-order chi connectivity index (χ0) is 11.2. The van der Waals surface area contributed by atoms with Crippen LogP contribution in [0.2, 0.25) is 0 Å². The average Bonchev–Trinajstić information content (AvgIpc) is 2.26. The first-order chi connectivity index (χ1) is 7.41. The van der Waals surface area contributed by atoms with Crippen LogP contribution >= 0.6 is 0 Å². The van der Waals surface area contributed by atoms with Crippen molar-refractivity contribution >= 4 is 0 Å². The molecule has 0 aromatic heterocycles. The van der Waals surface area contributed by atoms with Crippen LogP contribution in [0.1, 0.15) is 71.1 Å². The minimum atomic E-state index is 0.736. The molecule has 0 aliphatic carbocycles. The molecular formula is C14H25N. The Balaban J connectivity index is 2.96. The Morgan fingerprint density at radius 2 is 1.47 bits per heavy atom. The van der Waals surface area contributed by atoms with Crippen LogP contribution in [0.3, 0.4) is 0 Å². The van der Waals surface area contributed by atoms with Gasteiger partial charge < -0.3 is 0 Å². The largest absolute Gasteiger partial charge is 0.198 e. The number of unbranched alkanes of at least 4 members (excludes halogenated alkanes) is 8. The molecule has 0 aliphatic rings. The molecule has 0 aliphatic heterocycles. The molecule has 1 nitrogen and oxygen atoms in total. The Morgan fingerprint density at radius 3 is 2.13 bits per heavy atom. The number of rotatable bonds is 10. The van der Waals surface area contributed by atoms with Gasteiger partial charge in [0.25, 0.3) is 0 Å². The van der Waals surface area contributed by atoms with Gasteiger partial charge in [0.1, 0.15) is 0 Å². The summed E-state index contributed by atoms with van der Waals surface area (Å²) < 4.78 is 0. The van der Waals surface area contributed by atoms with Crippen molar-refractivity contribution in [1.82, 2.24) is 0 Å². The van der Waals surface area contributed by atoms with E-state index in [4.69, 9.17) is 5.26 Å². The van der Waals surface area contributed by atoms with Crippen molar-refractivity contribution in [2.75, 3.05) is 0 Å². The van der Waals surface area contributed by atoms with E-state index in [0.717, 1.165) is 12.8 Å². The Bertz CT molecular complexity index is 176. The molecular weight excluding hydrogens is 182 g/mol. The van der Waals surface area contributed by atoms with E-state index >= 15 is 0 Å². The van der Waals surface area contributed by atoms with Gasteiger partial charge in [-0.15, -0.1) is 0 Å². The number of allylic oxidation sites excluding steroid dienone is 2. The fourth-order valence-corrected chi connectivity index (χ4v) is 1.58. The van der Waals surface area contributed by atoms with Crippen LogP contribution in [0.5, 0.6) is 0 Å². The third kappa shape index (κ3) is 13.2. The van der Waals surface area contributed by atoms with Crippen molar-refractivity contribution < 1.29 is 0 Å². The SMILES string of the molecule is CCC/C=C/CCCCCCCCC#N. The Labute approximate surface area is 95.2 Å². The fourth-order valence-electron chi connectivity index (χ4n) is 1.58. The van der Waals surface area contributed by atoms with Crippen molar-refractivity contribution in [3.8, 4) is 6.07 Å². The van der Waals surface area contributed by atoms with Crippen LogP contribution in [-0.4, -0.2) is 0 Å². The first-order valence-corrected chi connectivity index (χ1v) is 6.43. The number of hydrogen-bond acceptors (Lipinski definition) is 1. The summed E-state index contributed by atoms with van der Waals surface area (Å²) in [6.07, 6.45) is 16.7. The van der Waals surface area contributed by atoms with Crippen molar-refractivity contribution in [2.24, 2.45) is 0 Å². The zero-order valence-electron chi connectivity index (χ0n) is 10.2. The van der Waals surface area contributed by atoms with Gasteiger partial charge in [0.2, 0.25) is 0 Å². The Hall–Kier alpha value is -0.770. The maximum Gasteiger partial charge on any atom is 0.0621 e. The highest BCUT2D eigenvalue weighted by Crippen LogP contribution is 2.08. The molecule has 0 heterocycles. The Morgan fingerprint density at radius 1 is 0.867 bits per heavy atom. The van der Waals surface area contributed by atoms with Crippen molar-refractivity contribution in [3.63, 3.8) is 0 Å². The summed E-state index contributed by atoms with van der Waals surface area (Å²) in [7, 11) is 0. The summed E-state index contributed by atoms with van der Waals surface area (Å²) in [5.41, 5.74) is 0. The average molecular weight is 207 g/mol. The monoisotopic (exact) mass is 207 g/mol. The van der Waals surface area contributed by atoms with E-state index in [2.05, 4.69) is 25.1 Å². The molecule has 0 atom stereocenters. The molecule has 0 spiro atoms. The summed E-state index contributed by atoms with van der Waals surface area (Å²) >= 11 is 0. The quantitative estimate of drug-likeness (QED) is 0.366. The van der Waals surface area contributed by atoms with Gasteiger partial charge in [-0.25, -0.2) is 0 Å². The number of nitriles is 1. The molecule has 1 heteroatoms. The lowest BCUT2D eigenvalue weighted by molar-refractivity contribution is 0.601. The van der Waals surface area contributed by atoms with Gasteiger partial charge in [-0.2, -0.15) is 5.26 Å². The summed E-state index contributed by atoms with van der Waals surface area (Å²) in [6, 6.07) is 2.19. The first kappa shape index (κ1) is 14.2. The summed E-state index contributed by atoms with van der Waals surface area (Å²) in [5.74, 6) is 0. The minimum absolute atomic E-state index is 0.736. The maximum atomic E-state index is 8.35. The van der Waals surface area contributed by atoms with E-state index in [-0.39, 0.29) is 0 Å². The molecule has 0 aromatic rings. The van der Waals surface area contributed by atoms with Crippen molar-refractivity contribution in [2.45, 2.75) is 71.1 Å². The van der Waals surface area contributed by atoms with Gasteiger partial charge in [0.15, 0.2) is 0 Å². The summed E-state index contributed by atoms with van der Waals surface area (Å²) in [5, 5.41) is 8.35. The fraction of sp³-hybridized carbons (Fsp3) is 0.786. The van der Waals surface area contributed by atoms with E-state index in [1.54, 1.807) is 0 Å². The van der Waals surface area contributed by atoms with E-state index in [1.165, 1.54) is 51.4 Å². The van der Waals surface area contributed by atoms with Crippen LogP contribution in [0, 0.1) is 11.3 Å². The van der Waals surface area contributed by atoms with E-state index in [9.17, 15) is 0 Å². The lowest BCUT2D eigenvalue weighted by Crippen LogP contribution is -1.79. The van der Waals surface area contributed by atoms with Crippen LogP contribution < -0.4 is 0 Å². The molecule has 0 amide bonds. The topological polar surface area (TPSA) is 23.8 Å². The van der Waals surface area contributed by atoms with Crippen LogP contribution in [-0.2, 0) is 0 Å². The number of hydrogen-bond donors (Lipinski definition) is 0. The second-order valence-electron chi connectivity index (χ2n) is 4.08. The lowest BCUT2D eigenvalue weighted by Gasteiger charge is -1.98. The number of nitrogens with zero attached hydrogens (tertiary/aromatic N) is 1. The highest BCUT2D eigenvalue weighted by Gasteiger charge is 1.90. The molecule has 0 aromatic carbocycles. The third-order valence-corrected chi connectivity index (χ3v) is 2.53.